The van der Waals surface area contributed by atoms with E-state index < -0.39 is 0 Å². The average molecular weight is 281 g/mol. The molecule has 3 rings (SSSR count). The zero-order chi connectivity index (χ0) is 14.8. The van der Waals surface area contributed by atoms with Gasteiger partial charge in [-0.3, -0.25) is 9.88 Å². The van der Waals surface area contributed by atoms with Gasteiger partial charge in [-0.25, -0.2) is 0 Å². The van der Waals surface area contributed by atoms with E-state index in [1.54, 1.807) is 0 Å². The smallest absolute Gasteiger partial charge is 0.0547 e. The van der Waals surface area contributed by atoms with E-state index in [1.807, 2.05) is 13.0 Å². The summed E-state index contributed by atoms with van der Waals surface area (Å²) in [4.78, 5) is 6.94. The standard InChI is InChI=1S/C18H23N3/c1-13-6-5-8-15(20-13)12-21(2)17-11-10-14-7-3-4-9-16(14)18(17)19/h3-9,17-18H,10-12,19H2,1-2H3. The third-order valence-corrected chi connectivity index (χ3v) is 4.46. The SMILES string of the molecule is Cc1cccc(CN(C)C2CCc3ccccc3C2N)n1. The van der Waals surface area contributed by atoms with Gasteiger partial charge < -0.3 is 5.73 Å². The van der Waals surface area contributed by atoms with E-state index in [4.69, 9.17) is 5.73 Å². The molecule has 2 aromatic rings. The summed E-state index contributed by atoms with van der Waals surface area (Å²) in [6.07, 6.45) is 2.22. The van der Waals surface area contributed by atoms with Crippen LogP contribution in [-0.2, 0) is 13.0 Å². The molecule has 0 radical (unpaired) electrons. The lowest BCUT2D eigenvalue weighted by Crippen LogP contribution is -2.43. The lowest BCUT2D eigenvalue weighted by molar-refractivity contribution is 0.182. The lowest BCUT2D eigenvalue weighted by atomic mass is 9.84. The van der Waals surface area contributed by atoms with Gasteiger partial charge in [0.1, 0.15) is 0 Å². The number of nitrogens with two attached hydrogens (primary N) is 1. The molecule has 2 N–H and O–H groups in total. The topological polar surface area (TPSA) is 42.1 Å². The molecule has 21 heavy (non-hydrogen) atoms. The molecule has 1 aromatic carbocycles. The van der Waals surface area contributed by atoms with Crippen LogP contribution in [0, 0.1) is 6.92 Å². The lowest BCUT2D eigenvalue weighted by Gasteiger charge is -2.37. The largest absolute Gasteiger partial charge is 0.323 e. The molecule has 0 bridgehead atoms. The summed E-state index contributed by atoms with van der Waals surface area (Å²) in [5.74, 6) is 0. The summed E-state index contributed by atoms with van der Waals surface area (Å²) >= 11 is 0. The van der Waals surface area contributed by atoms with Crippen LogP contribution in [0.25, 0.3) is 0 Å². The number of hydrogen-bond acceptors (Lipinski definition) is 3. The number of likely N-dealkylation sites (N-methyl/N-ethyl adjacent to an activating group) is 1. The average Bonchev–Trinajstić information content (AvgIpc) is 2.48. The van der Waals surface area contributed by atoms with E-state index in [9.17, 15) is 0 Å². The number of nitrogens with zero attached hydrogens (tertiary/aromatic N) is 2. The van der Waals surface area contributed by atoms with Gasteiger partial charge in [0.15, 0.2) is 0 Å². The molecule has 0 amide bonds. The predicted molar refractivity (Wildman–Crippen MR) is 85.9 cm³/mol. The van der Waals surface area contributed by atoms with Crippen LogP contribution in [0.2, 0.25) is 0 Å². The molecular formula is C18H23N3. The van der Waals surface area contributed by atoms with Crippen molar-refractivity contribution in [3.05, 3.63) is 65.0 Å². The zero-order valence-electron chi connectivity index (χ0n) is 12.8. The van der Waals surface area contributed by atoms with Crippen molar-refractivity contribution in [2.24, 2.45) is 5.73 Å². The molecule has 1 aliphatic carbocycles. The summed E-state index contributed by atoms with van der Waals surface area (Å²) in [6, 6.07) is 15.2. The van der Waals surface area contributed by atoms with Crippen molar-refractivity contribution >= 4 is 0 Å². The summed E-state index contributed by atoms with van der Waals surface area (Å²) < 4.78 is 0. The normalized spacial score (nSPS) is 21.3. The fourth-order valence-electron chi connectivity index (χ4n) is 3.33. The molecule has 110 valence electrons. The summed E-state index contributed by atoms with van der Waals surface area (Å²) in [7, 11) is 2.16. The van der Waals surface area contributed by atoms with Crippen LogP contribution in [0.4, 0.5) is 0 Å². The first-order chi connectivity index (χ1) is 10.1. The van der Waals surface area contributed by atoms with E-state index in [-0.39, 0.29) is 6.04 Å². The predicted octanol–water partition coefficient (Wildman–Crippen LogP) is 2.84. The second-order valence-corrected chi connectivity index (χ2v) is 6.02. The van der Waals surface area contributed by atoms with E-state index >= 15 is 0 Å². The molecule has 0 saturated carbocycles. The quantitative estimate of drug-likeness (QED) is 0.940. The maximum Gasteiger partial charge on any atom is 0.0547 e. The summed E-state index contributed by atoms with van der Waals surface area (Å²) in [6.45, 7) is 2.88. The second kappa shape index (κ2) is 5.96. The first-order valence-electron chi connectivity index (χ1n) is 7.61. The van der Waals surface area contributed by atoms with Gasteiger partial charge in [-0.2, -0.15) is 0 Å². The fourth-order valence-corrected chi connectivity index (χ4v) is 3.33. The van der Waals surface area contributed by atoms with Crippen molar-refractivity contribution in [2.75, 3.05) is 7.05 Å². The van der Waals surface area contributed by atoms with Gasteiger partial charge in [0.2, 0.25) is 0 Å². The minimum atomic E-state index is 0.0877. The molecule has 1 aromatic heterocycles. The molecule has 0 saturated heterocycles. The fraction of sp³-hybridized carbons (Fsp3) is 0.389. The van der Waals surface area contributed by atoms with Crippen LogP contribution in [0.15, 0.2) is 42.5 Å². The first-order valence-corrected chi connectivity index (χ1v) is 7.61. The number of hydrogen-bond donors (Lipinski definition) is 1. The van der Waals surface area contributed by atoms with Crippen LogP contribution in [0.3, 0.4) is 0 Å². The van der Waals surface area contributed by atoms with Crippen molar-refractivity contribution in [2.45, 2.75) is 38.4 Å². The molecule has 3 nitrogen and oxygen atoms in total. The number of rotatable bonds is 3. The van der Waals surface area contributed by atoms with Crippen LogP contribution in [-0.4, -0.2) is 23.0 Å². The van der Waals surface area contributed by atoms with Crippen molar-refractivity contribution in [1.29, 1.82) is 0 Å². The van der Waals surface area contributed by atoms with Gasteiger partial charge in [0, 0.05) is 24.3 Å². The van der Waals surface area contributed by atoms with Crippen LogP contribution >= 0.6 is 0 Å². The summed E-state index contributed by atoms with van der Waals surface area (Å²) in [5.41, 5.74) is 11.4. The van der Waals surface area contributed by atoms with Crippen LogP contribution < -0.4 is 5.73 Å². The Hall–Kier alpha value is -1.71. The molecule has 0 fully saturated rings. The minimum Gasteiger partial charge on any atom is -0.323 e. The summed E-state index contributed by atoms with van der Waals surface area (Å²) in [5, 5.41) is 0. The van der Waals surface area contributed by atoms with Gasteiger partial charge >= 0.3 is 0 Å². The maximum atomic E-state index is 6.51. The second-order valence-electron chi connectivity index (χ2n) is 6.02. The van der Waals surface area contributed by atoms with Gasteiger partial charge in [-0.1, -0.05) is 30.3 Å². The van der Waals surface area contributed by atoms with Gasteiger partial charge in [-0.05, 0) is 50.1 Å². The molecular weight excluding hydrogens is 258 g/mol. The zero-order valence-corrected chi connectivity index (χ0v) is 12.8. The monoisotopic (exact) mass is 281 g/mol. The van der Waals surface area contributed by atoms with Gasteiger partial charge in [0.25, 0.3) is 0 Å². The Morgan fingerprint density at radius 2 is 2.00 bits per heavy atom. The molecule has 1 aliphatic rings. The number of fused-ring (bicyclic) bond motifs is 1. The van der Waals surface area contributed by atoms with Gasteiger partial charge in [-0.15, -0.1) is 0 Å². The Morgan fingerprint density at radius 1 is 1.19 bits per heavy atom. The number of pyridine rings is 1. The molecule has 2 atom stereocenters. The van der Waals surface area contributed by atoms with E-state index in [0.717, 1.165) is 30.8 Å². The minimum absolute atomic E-state index is 0.0877. The Balaban J connectivity index is 1.75. The highest BCUT2D eigenvalue weighted by molar-refractivity contribution is 5.33. The van der Waals surface area contributed by atoms with E-state index in [0.29, 0.717) is 6.04 Å². The van der Waals surface area contributed by atoms with Crippen molar-refractivity contribution < 1.29 is 0 Å². The van der Waals surface area contributed by atoms with Crippen molar-refractivity contribution in [1.82, 2.24) is 9.88 Å². The third-order valence-electron chi connectivity index (χ3n) is 4.46. The third kappa shape index (κ3) is 2.99. The van der Waals surface area contributed by atoms with Gasteiger partial charge in [0.05, 0.1) is 5.69 Å². The maximum absolute atomic E-state index is 6.51. The van der Waals surface area contributed by atoms with Crippen LogP contribution in [0.5, 0.6) is 0 Å². The molecule has 3 heteroatoms. The van der Waals surface area contributed by atoms with E-state index in [2.05, 4.69) is 53.3 Å². The highest BCUT2D eigenvalue weighted by Gasteiger charge is 2.29. The van der Waals surface area contributed by atoms with Crippen molar-refractivity contribution in [3.63, 3.8) is 0 Å². The Bertz CT molecular complexity index is 623. The van der Waals surface area contributed by atoms with Crippen LogP contribution in [0.1, 0.15) is 35.0 Å². The highest BCUT2D eigenvalue weighted by atomic mass is 15.2. The Labute approximate surface area is 126 Å². The Kier molecular flexibility index (Phi) is 4.04. The molecule has 0 aliphatic heterocycles. The number of aromatic nitrogens is 1. The molecule has 2 unspecified atom stereocenters. The van der Waals surface area contributed by atoms with E-state index in [1.165, 1.54) is 11.1 Å². The number of aryl methyl sites for hydroxylation is 2. The highest BCUT2D eigenvalue weighted by Crippen LogP contribution is 2.31. The molecule has 1 heterocycles. The van der Waals surface area contributed by atoms with Crippen molar-refractivity contribution in [3.8, 4) is 0 Å². The Morgan fingerprint density at radius 3 is 2.81 bits per heavy atom. The first kappa shape index (κ1) is 14.2. The molecule has 0 spiro atoms. The number of benzene rings is 1.